The number of hydrogen-bond donors (Lipinski definition) is 1. The van der Waals surface area contributed by atoms with Crippen LogP contribution in [-0.4, -0.2) is 37.7 Å². The summed E-state index contributed by atoms with van der Waals surface area (Å²) in [7, 11) is 2.16. The number of hydrogen-bond acceptors (Lipinski definition) is 4. The van der Waals surface area contributed by atoms with Gasteiger partial charge in [0.2, 0.25) is 0 Å². The highest BCUT2D eigenvalue weighted by Crippen LogP contribution is 2.27. The van der Waals surface area contributed by atoms with E-state index in [0.29, 0.717) is 18.7 Å². The molecule has 1 aromatic heterocycles. The van der Waals surface area contributed by atoms with E-state index in [9.17, 15) is 0 Å². The fourth-order valence-electron chi connectivity index (χ4n) is 2.55. The minimum atomic E-state index is 0.328. The van der Waals surface area contributed by atoms with Crippen LogP contribution >= 0.6 is 11.3 Å². The average Bonchev–Trinajstić information content (AvgIpc) is 2.78. The number of nitrogens with two attached hydrogens (primary N) is 1. The molecule has 18 heavy (non-hydrogen) atoms. The van der Waals surface area contributed by atoms with Crippen molar-refractivity contribution in [3.63, 3.8) is 0 Å². The molecule has 0 saturated carbocycles. The Kier molecular flexibility index (Phi) is 5.18. The van der Waals surface area contributed by atoms with Crippen molar-refractivity contribution >= 4 is 11.3 Å². The number of rotatable bonds is 5. The summed E-state index contributed by atoms with van der Waals surface area (Å²) < 4.78 is 5.81. The van der Waals surface area contributed by atoms with Gasteiger partial charge in [-0.3, -0.25) is 4.90 Å². The number of ether oxygens (including phenoxy) is 1. The molecule has 1 aliphatic rings. The van der Waals surface area contributed by atoms with Gasteiger partial charge >= 0.3 is 0 Å². The Labute approximate surface area is 114 Å². The first-order valence-electron chi connectivity index (χ1n) is 6.79. The first-order chi connectivity index (χ1) is 8.70. The summed E-state index contributed by atoms with van der Waals surface area (Å²) in [6.07, 6.45) is 4.08. The van der Waals surface area contributed by atoms with Gasteiger partial charge < -0.3 is 10.5 Å². The number of thiophene rings is 1. The van der Waals surface area contributed by atoms with Gasteiger partial charge in [0.25, 0.3) is 0 Å². The van der Waals surface area contributed by atoms with Gasteiger partial charge in [-0.05, 0) is 45.4 Å². The average molecular weight is 268 g/mol. The highest BCUT2D eigenvalue weighted by Gasteiger charge is 2.22. The zero-order valence-corrected chi connectivity index (χ0v) is 12.2. The standard InChI is InChI=1S/C14H24N2OS/c1-11-6-7-14(18-11)13(9-15)16(2)10-12-5-3-4-8-17-12/h6-7,12-13H,3-5,8-10,15H2,1-2H3. The quantitative estimate of drug-likeness (QED) is 0.892. The molecule has 0 amide bonds. The third kappa shape index (κ3) is 3.54. The first-order valence-corrected chi connectivity index (χ1v) is 7.60. The van der Waals surface area contributed by atoms with Crippen LogP contribution in [0.25, 0.3) is 0 Å². The predicted octanol–water partition coefficient (Wildman–Crippen LogP) is 2.56. The molecule has 0 aromatic carbocycles. The molecule has 1 saturated heterocycles. The van der Waals surface area contributed by atoms with Gasteiger partial charge in [-0.15, -0.1) is 11.3 Å². The molecule has 2 unspecified atom stereocenters. The molecule has 3 nitrogen and oxygen atoms in total. The van der Waals surface area contributed by atoms with E-state index in [-0.39, 0.29) is 0 Å². The Morgan fingerprint density at radius 1 is 1.50 bits per heavy atom. The van der Waals surface area contributed by atoms with Crippen molar-refractivity contribution < 1.29 is 4.74 Å². The van der Waals surface area contributed by atoms with E-state index in [1.165, 1.54) is 29.0 Å². The van der Waals surface area contributed by atoms with E-state index in [2.05, 4.69) is 31.0 Å². The van der Waals surface area contributed by atoms with Crippen molar-refractivity contribution in [2.24, 2.45) is 5.73 Å². The van der Waals surface area contributed by atoms with Crippen molar-refractivity contribution in [1.82, 2.24) is 4.90 Å². The van der Waals surface area contributed by atoms with Crippen LogP contribution in [0.4, 0.5) is 0 Å². The summed E-state index contributed by atoms with van der Waals surface area (Å²) in [5, 5.41) is 0. The maximum Gasteiger partial charge on any atom is 0.0702 e. The second-order valence-corrected chi connectivity index (χ2v) is 6.45. The second kappa shape index (κ2) is 6.66. The van der Waals surface area contributed by atoms with Crippen LogP contribution in [0.3, 0.4) is 0 Å². The molecule has 102 valence electrons. The Bertz CT molecular complexity index is 360. The van der Waals surface area contributed by atoms with Crippen molar-refractivity contribution in [2.45, 2.75) is 38.3 Å². The zero-order chi connectivity index (χ0) is 13.0. The molecule has 1 fully saturated rings. The van der Waals surface area contributed by atoms with Crippen LogP contribution in [0.15, 0.2) is 12.1 Å². The molecule has 2 heterocycles. The predicted molar refractivity (Wildman–Crippen MR) is 77.1 cm³/mol. The lowest BCUT2D eigenvalue weighted by Crippen LogP contribution is -2.38. The van der Waals surface area contributed by atoms with Crippen LogP contribution in [0, 0.1) is 6.92 Å². The van der Waals surface area contributed by atoms with Crippen LogP contribution in [-0.2, 0) is 4.74 Å². The first kappa shape index (κ1) is 14.0. The Hall–Kier alpha value is -0.420. The summed E-state index contributed by atoms with van der Waals surface area (Å²) >= 11 is 1.85. The van der Waals surface area contributed by atoms with Gasteiger partial charge in [0, 0.05) is 29.5 Å². The van der Waals surface area contributed by atoms with Gasteiger partial charge in [-0.1, -0.05) is 0 Å². The van der Waals surface area contributed by atoms with Gasteiger partial charge in [0.1, 0.15) is 0 Å². The highest BCUT2D eigenvalue weighted by atomic mass is 32.1. The van der Waals surface area contributed by atoms with E-state index < -0.39 is 0 Å². The van der Waals surface area contributed by atoms with E-state index >= 15 is 0 Å². The molecule has 0 bridgehead atoms. The zero-order valence-electron chi connectivity index (χ0n) is 11.4. The number of aryl methyl sites for hydroxylation is 1. The van der Waals surface area contributed by atoms with Gasteiger partial charge in [-0.25, -0.2) is 0 Å². The maximum atomic E-state index is 5.94. The Morgan fingerprint density at radius 2 is 2.33 bits per heavy atom. The lowest BCUT2D eigenvalue weighted by Gasteiger charge is -2.31. The van der Waals surface area contributed by atoms with Crippen molar-refractivity contribution in [3.8, 4) is 0 Å². The molecule has 1 aliphatic heterocycles. The molecule has 0 aliphatic carbocycles. The van der Waals surface area contributed by atoms with Gasteiger partial charge in [0.15, 0.2) is 0 Å². The van der Waals surface area contributed by atoms with Crippen LogP contribution < -0.4 is 5.73 Å². The SMILES string of the molecule is Cc1ccc(C(CN)N(C)CC2CCCCO2)s1. The van der Waals surface area contributed by atoms with E-state index in [4.69, 9.17) is 10.5 Å². The largest absolute Gasteiger partial charge is 0.377 e. The summed E-state index contributed by atoms with van der Waals surface area (Å²) in [6, 6.07) is 4.71. The maximum absolute atomic E-state index is 5.94. The minimum Gasteiger partial charge on any atom is -0.377 e. The molecule has 4 heteroatoms. The topological polar surface area (TPSA) is 38.5 Å². The lowest BCUT2D eigenvalue weighted by atomic mass is 10.1. The summed E-state index contributed by atoms with van der Waals surface area (Å²) in [5.41, 5.74) is 5.94. The van der Waals surface area contributed by atoms with Crippen molar-refractivity contribution in [3.05, 3.63) is 21.9 Å². The monoisotopic (exact) mass is 268 g/mol. The fraction of sp³-hybridized carbons (Fsp3) is 0.714. The number of nitrogens with zero attached hydrogens (tertiary/aromatic N) is 1. The summed E-state index contributed by atoms with van der Waals surface area (Å²) in [5.74, 6) is 0. The summed E-state index contributed by atoms with van der Waals surface area (Å²) in [6.45, 7) is 4.72. The molecule has 2 rings (SSSR count). The van der Waals surface area contributed by atoms with Gasteiger partial charge in [-0.2, -0.15) is 0 Å². The highest BCUT2D eigenvalue weighted by molar-refractivity contribution is 7.12. The third-order valence-electron chi connectivity index (χ3n) is 3.61. The molecular formula is C14H24N2OS. The summed E-state index contributed by atoms with van der Waals surface area (Å²) in [4.78, 5) is 5.07. The number of likely N-dealkylation sites (N-methyl/N-ethyl adjacent to an activating group) is 1. The fourth-order valence-corrected chi connectivity index (χ4v) is 3.60. The normalized spacial score (nSPS) is 22.3. The van der Waals surface area contributed by atoms with E-state index in [1.54, 1.807) is 0 Å². The smallest absolute Gasteiger partial charge is 0.0702 e. The Morgan fingerprint density at radius 3 is 2.89 bits per heavy atom. The van der Waals surface area contributed by atoms with E-state index in [0.717, 1.165) is 13.2 Å². The van der Waals surface area contributed by atoms with Crippen molar-refractivity contribution in [2.75, 3.05) is 26.7 Å². The molecule has 2 N–H and O–H groups in total. The molecular weight excluding hydrogens is 244 g/mol. The molecule has 0 radical (unpaired) electrons. The molecule has 0 spiro atoms. The molecule has 2 atom stereocenters. The lowest BCUT2D eigenvalue weighted by molar-refractivity contribution is -0.00754. The molecule has 1 aromatic rings. The van der Waals surface area contributed by atoms with Gasteiger partial charge in [0.05, 0.1) is 12.1 Å². The van der Waals surface area contributed by atoms with Crippen LogP contribution in [0.2, 0.25) is 0 Å². The van der Waals surface area contributed by atoms with Crippen LogP contribution in [0.1, 0.15) is 35.1 Å². The van der Waals surface area contributed by atoms with Crippen LogP contribution in [0.5, 0.6) is 0 Å². The second-order valence-electron chi connectivity index (χ2n) is 5.13. The van der Waals surface area contributed by atoms with Crippen molar-refractivity contribution in [1.29, 1.82) is 0 Å². The third-order valence-corrected chi connectivity index (χ3v) is 4.71. The van der Waals surface area contributed by atoms with E-state index in [1.807, 2.05) is 11.3 Å². The Balaban J connectivity index is 1.94. The minimum absolute atomic E-state index is 0.328.